The van der Waals surface area contributed by atoms with Gasteiger partial charge in [-0.25, -0.2) is 12.7 Å². The highest BCUT2D eigenvalue weighted by molar-refractivity contribution is 7.89. The summed E-state index contributed by atoms with van der Waals surface area (Å²) in [5.41, 5.74) is 0. The van der Waals surface area contributed by atoms with Crippen molar-refractivity contribution in [3.8, 4) is 0 Å². The van der Waals surface area contributed by atoms with Gasteiger partial charge in [-0.15, -0.1) is 0 Å². The number of sulfonamides is 1. The smallest absolute Gasteiger partial charge is 0.216 e. The second-order valence-corrected chi connectivity index (χ2v) is 8.91. The number of nitrogens with one attached hydrogen (secondary N) is 1. The molecule has 0 bridgehead atoms. The summed E-state index contributed by atoms with van der Waals surface area (Å²) in [6.07, 6.45) is 1.74. The summed E-state index contributed by atoms with van der Waals surface area (Å²) in [4.78, 5) is 0. The van der Waals surface area contributed by atoms with Gasteiger partial charge in [0.15, 0.2) is 0 Å². The molecular formula is C16H28N2O4S. The zero-order chi connectivity index (χ0) is 17.0. The van der Waals surface area contributed by atoms with E-state index in [1.165, 1.54) is 0 Å². The van der Waals surface area contributed by atoms with Gasteiger partial charge in [-0.3, -0.25) is 0 Å². The predicted molar refractivity (Wildman–Crippen MR) is 89.3 cm³/mol. The molecule has 0 amide bonds. The quantitative estimate of drug-likeness (QED) is 0.787. The van der Waals surface area contributed by atoms with Crippen LogP contribution in [0.25, 0.3) is 0 Å². The first-order valence-electron chi connectivity index (χ1n) is 8.29. The van der Waals surface area contributed by atoms with Gasteiger partial charge in [0.05, 0.1) is 11.8 Å². The van der Waals surface area contributed by atoms with Crippen LogP contribution in [0, 0.1) is 5.92 Å². The van der Waals surface area contributed by atoms with E-state index in [1.807, 2.05) is 6.07 Å². The Balaban J connectivity index is 1.94. The lowest BCUT2D eigenvalue weighted by Gasteiger charge is -2.38. The summed E-state index contributed by atoms with van der Waals surface area (Å²) >= 11 is 0. The minimum atomic E-state index is -3.17. The summed E-state index contributed by atoms with van der Waals surface area (Å²) in [5.74, 6) is 1.65. The molecule has 1 aromatic rings. The number of aliphatic hydroxyl groups excluding tert-OH is 1. The Morgan fingerprint density at radius 2 is 2.09 bits per heavy atom. The van der Waals surface area contributed by atoms with Crippen LogP contribution in [-0.2, 0) is 23.2 Å². The van der Waals surface area contributed by atoms with Crippen LogP contribution in [-0.4, -0.2) is 42.2 Å². The van der Waals surface area contributed by atoms with Gasteiger partial charge in [-0.05, 0) is 38.3 Å². The first kappa shape index (κ1) is 18.4. The molecule has 0 radical (unpaired) electrons. The van der Waals surface area contributed by atoms with E-state index in [1.54, 1.807) is 24.2 Å². The maximum Gasteiger partial charge on any atom is 0.216 e. The average molecular weight is 344 g/mol. The first-order chi connectivity index (χ1) is 10.9. The highest BCUT2D eigenvalue weighted by atomic mass is 32.2. The van der Waals surface area contributed by atoms with E-state index in [0.29, 0.717) is 31.3 Å². The fourth-order valence-corrected chi connectivity index (χ4v) is 4.40. The van der Waals surface area contributed by atoms with Crippen LogP contribution in [0.4, 0.5) is 0 Å². The molecule has 0 unspecified atom stereocenters. The molecule has 6 nitrogen and oxygen atoms in total. The number of hydrogen-bond acceptors (Lipinski definition) is 5. The minimum absolute atomic E-state index is 0.0942. The molecule has 2 rings (SSSR count). The summed E-state index contributed by atoms with van der Waals surface area (Å²) in [7, 11) is -3.17. The molecule has 1 aliphatic heterocycles. The zero-order valence-electron chi connectivity index (χ0n) is 14.2. The minimum Gasteiger partial charge on any atom is -0.462 e. The largest absolute Gasteiger partial charge is 0.462 e. The molecule has 0 spiro atoms. The Hall–Kier alpha value is -0.890. The molecule has 1 aromatic heterocycles. The topological polar surface area (TPSA) is 82.8 Å². The third-order valence-electron chi connectivity index (χ3n) is 4.59. The normalized spacial score (nSPS) is 23.5. The van der Waals surface area contributed by atoms with Crippen LogP contribution < -0.4 is 5.32 Å². The van der Waals surface area contributed by atoms with E-state index < -0.39 is 10.0 Å². The van der Waals surface area contributed by atoms with Crippen LogP contribution in [0.1, 0.15) is 45.1 Å². The van der Waals surface area contributed by atoms with Crippen molar-refractivity contribution >= 4 is 10.0 Å². The van der Waals surface area contributed by atoms with Crippen molar-refractivity contribution in [3.05, 3.63) is 23.7 Å². The molecule has 2 heterocycles. The molecule has 1 saturated heterocycles. The highest BCUT2D eigenvalue weighted by Gasteiger charge is 2.35. The lowest BCUT2D eigenvalue weighted by Crippen LogP contribution is -2.51. The molecule has 0 saturated carbocycles. The SMILES string of the molecule is CC[C@@H]1CN(S(=O)(=O)C(C)C)CC[C@@H]1NCc1ccc(CO)o1. The van der Waals surface area contributed by atoms with E-state index >= 15 is 0 Å². The number of furan rings is 1. The van der Waals surface area contributed by atoms with Gasteiger partial charge in [0.2, 0.25) is 10.0 Å². The Morgan fingerprint density at radius 3 is 2.65 bits per heavy atom. The van der Waals surface area contributed by atoms with Crippen molar-refractivity contribution in [2.24, 2.45) is 5.92 Å². The maximum absolute atomic E-state index is 12.3. The lowest BCUT2D eigenvalue weighted by atomic mass is 9.91. The number of nitrogens with zero attached hydrogens (tertiary/aromatic N) is 1. The van der Waals surface area contributed by atoms with Gasteiger partial charge < -0.3 is 14.8 Å². The van der Waals surface area contributed by atoms with E-state index in [2.05, 4.69) is 12.2 Å². The van der Waals surface area contributed by atoms with Crippen molar-refractivity contribution in [2.75, 3.05) is 13.1 Å². The van der Waals surface area contributed by atoms with Crippen LogP contribution in [0.3, 0.4) is 0 Å². The van der Waals surface area contributed by atoms with Crippen LogP contribution in [0.5, 0.6) is 0 Å². The first-order valence-corrected chi connectivity index (χ1v) is 9.79. The van der Waals surface area contributed by atoms with Gasteiger partial charge in [-0.1, -0.05) is 13.3 Å². The third kappa shape index (κ3) is 4.35. The summed E-state index contributed by atoms with van der Waals surface area (Å²) in [6.45, 7) is 7.21. The molecule has 2 N–H and O–H groups in total. The fraction of sp³-hybridized carbons (Fsp3) is 0.750. The summed E-state index contributed by atoms with van der Waals surface area (Å²) in [5, 5.41) is 12.1. The second-order valence-electron chi connectivity index (χ2n) is 6.42. The van der Waals surface area contributed by atoms with Crippen molar-refractivity contribution < 1.29 is 17.9 Å². The van der Waals surface area contributed by atoms with Crippen LogP contribution in [0.15, 0.2) is 16.5 Å². The molecule has 7 heteroatoms. The van der Waals surface area contributed by atoms with Crippen molar-refractivity contribution in [1.29, 1.82) is 0 Å². The van der Waals surface area contributed by atoms with Crippen molar-refractivity contribution in [3.63, 3.8) is 0 Å². The average Bonchev–Trinajstić information content (AvgIpc) is 3.00. The Morgan fingerprint density at radius 1 is 1.39 bits per heavy atom. The zero-order valence-corrected chi connectivity index (χ0v) is 15.0. The maximum atomic E-state index is 12.3. The van der Waals surface area contributed by atoms with E-state index in [4.69, 9.17) is 9.52 Å². The number of piperidine rings is 1. The van der Waals surface area contributed by atoms with Crippen LogP contribution in [0.2, 0.25) is 0 Å². The Kier molecular flexibility index (Phi) is 6.25. The van der Waals surface area contributed by atoms with Gasteiger partial charge in [0, 0.05) is 19.1 Å². The number of rotatable bonds is 7. The molecule has 1 aliphatic rings. The van der Waals surface area contributed by atoms with Crippen molar-refractivity contribution in [1.82, 2.24) is 9.62 Å². The Bertz CT molecular complexity index is 597. The summed E-state index contributed by atoms with van der Waals surface area (Å²) in [6, 6.07) is 3.91. The fourth-order valence-electron chi connectivity index (χ4n) is 3.04. The van der Waals surface area contributed by atoms with Gasteiger partial charge in [0.1, 0.15) is 18.1 Å². The third-order valence-corrected chi connectivity index (χ3v) is 6.83. The molecule has 132 valence electrons. The molecular weight excluding hydrogens is 316 g/mol. The summed E-state index contributed by atoms with van der Waals surface area (Å²) < 4.78 is 31.8. The van der Waals surface area contributed by atoms with Gasteiger partial charge in [0.25, 0.3) is 0 Å². The molecule has 23 heavy (non-hydrogen) atoms. The lowest BCUT2D eigenvalue weighted by molar-refractivity contribution is 0.195. The van der Waals surface area contributed by atoms with Gasteiger partial charge >= 0.3 is 0 Å². The standard InChI is InChI=1S/C16H28N2O4S/c1-4-13-10-18(23(20,21)12(2)3)8-7-16(13)17-9-14-5-6-15(11-19)22-14/h5-6,12-13,16-17,19H,4,7-11H2,1-3H3/t13-,16+/m1/s1. The number of hydrogen-bond donors (Lipinski definition) is 2. The highest BCUT2D eigenvalue weighted by Crippen LogP contribution is 2.24. The van der Waals surface area contributed by atoms with Crippen molar-refractivity contribution in [2.45, 2.75) is 58.1 Å². The predicted octanol–water partition coefficient (Wildman–Crippen LogP) is 1.70. The molecule has 1 fully saturated rings. The molecule has 0 aromatic carbocycles. The Labute approximate surface area is 138 Å². The molecule has 2 atom stereocenters. The van der Waals surface area contributed by atoms with E-state index in [-0.39, 0.29) is 17.9 Å². The molecule has 0 aliphatic carbocycles. The van der Waals surface area contributed by atoms with E-state index in [0.717, 1.165) is 18.6 Å². The van der Waals surface area contributed by atoms with E-state index in [9.17, 15) is 8.42 Å². The van der Waals surface area contributed by atoms with Gasteiger partial charge in [-0.2, -0.15) is 0 Å². The number of aliphatic hydroxyl groups is 1. The van der Waals surface area contributed by atoms with Crippen LogP contribution >= 0.6 is 0 Å². The second kappa shape index (κ2) is 7.79. The monoisotopic (exact) mass is 344 g/mol.